The zero-order valence-electron chi connectivity index (χ0n) is 25.6. The fourth-order valence-corrected chi connectivity index (χ4v) is 8.21. The third kappa shape index (κ3) is 3.61. The first-order valence-electron chi connectivity index (χ1n) is 16.2. The monoisotopic (exact) mass is 596 g/mol. The molecule has 10 rings (SSSR count). The molecule has 2 nitrogen and oxygen atoms in total. The molecule has 1 spiro atoms. The highest BCUT2D eigenvalue weighted by atomic mass is 14.9. The lowest BCUT2D eigenvalue weighted by molar-refractivity contribution is 0.794. The van der Waals surface area contributed by atoms with Crippen LogP contribution in [-0.2, 0) is 5.41 Å². The van der Waals surface area contributed by atoms with Crippen molar-refractivity contribution in [1.82, 2.24) is 9.97 Å². The molecule has 0 saturated heterocycles. The predicted molar refractivity (Wildman–Crippen MR) is 192 cm³/mol. The molecule has 0 bridgehead atoms. The van der Waals surface area contributed by atoms with Gasteiger partial charge < -0.3 is 0 Å². The fraction of sp³-hybridized carbons (Fsp3) is 0.0222. The van der Waals surface area contributed by atoms with Gasteiger partial charge in [-0.15, -0.1) is 0 Å². The zero-order valence-corrected chi connectivity index (χ0v) is 25.6. The summed E-state index contributed by atoms with van der Waals surface area (Å²) in [5.74, 6) is 0.736. The van der Waals surface area contributed by atoms with Gasteiger partial charge in [-0.05, 0) is 67.8 Å². The Hall–Kier alpha value is -6.12. The average Bonchev–Trinajstić information content (AvgIpc) is 3.62. The molecule has 2 heteroatoms. The van der Waals surface area contributed by atoms with Gasteiger partial charge in [0.25, 0.3) is 0 Å². The van der Waals surface area contributed by atoms with Gasteiger partial charge in [-0.25, -0.2) is 9.97 Å². The van der Waals surface area contributed by atoms with Crippen molar-refractivity contribution in [3.63, 3.8) is 0 Å². The van der Waals surface area contributed by atoms with Crippen molar-refractivity contribution in [2.75, 3.05) is 0 Å². The van der Waals surface area contributed by atoms with Crippen LogP contribution in [0.1, 0.15) is 22.3 Å². The molecule has 0 amide bonds. The molecule has 0 saturated carbocycles. The van der Waals surface area contributed by atoms with Crippen molar-refractivity contribution in [3.8, 4) is 56.0 Å². The molecular formula is C45H28N2. The quantitative estimate of drug-likeness (QED) is 0.203. The average molecular weight is 597 g/mol. The lowest BCUT2D eigenvalue weighted by atomic mass is 9.70. The number of hydrogen-bond acceptors (Lipinski definition) is 2. The van der Waals surface area contributed by atoms with E-state index in [0.717, 1.165) is 39.1 Å². The Morgan fingerprint density at radius 2 is 0.894 bits per heavy atom. The zero-order chi connectivity index (χ0) is 31.0. The van der Waals surface area contributed by atoms with Crippen LogP contribution >= 0.6 is 0 Å². The number of benzene rings is 7. The molecule has 1 aromatic heterocycles. The maximum absolute atomic E-state index is 5.18. The van der Waals surface area contributed by atoms with Crippen molar-refractivity contribution in [3.05, 3.63) is 192 Å². The molecule has 0 radical (unpaired) electrons. The first kappa shape index (κ1) is 26.1. The van der Waals surface area contributed by atoms with Gasteiger partial charge in [0.15, 0.2) is 5.82 Å². The fourth-order valence-electron chi connectivity index (χ4n) is 8.21. The maximum Gasteiger partial charge on any atom is 0.160 e. The van der Waals surface area contributed by atoms with E-state index < -0.39 is 0 Å². The van der Waals surface area contributed by atoms with Crippen LogP contribution in [0.2, 0.25) is 0 Å². The molecular weight excluding hydrogens is 569 g/mol. The van der Waals surface area contributed by atoms with Crippen LogP contribution in [0.15, 0.2) is 170 Å². The van der Waals surface area contributed by atoms with Crippen molar-refractivity contribution >= 4 is 10.9 Å². The molecule has 0 atom stereocenters. The molecule has 7 aromatic carbocycles. The summed E-state index contributed by atoms with van der Waals surface area (Å²) in [7, 11) is 0. The SMILES string of the molecule is c1ccc(-c2nc(-c3ccccc3)c3cc(-c4cccc5c4-c4ccccc4C54c5ccccc5-c5ccccc54)ccc3n2)cc1. The Balaban J connectivity index is 1.25. The van der Waals surface area contributed by atoms with E-state index in [2.05, 4.69) is 152 Å². The summed E-state index contributed by atoms with van der Waals surface area (Å²) < 4.78 is 0. The van der Waals surface area contributed by atoms with Crippen LogP contribution < -0.4 is 0 Å². The van der Waals surface area contributed by atoms with Gasteiger partial charge in [-0.2, -0.15) is 0 Å². The molecule has 0 N–H and O–H groups in total. The Kier molecular flexibility index (Phi) is 5.53. The maximum atomic E-state index is 5.18. The summed E-state index contributed by atoms with van der Waals surface area (Å²) in [5.41, 5.74) is 16.6. The topological polar surface area (TPSA) is 25.8 Å². The van der Waals surface area contributed by atoms with Crippen LogP contribution in [0.25, 0.3) is 66.9 Å². The Labute approximate surface area is 273 Å². The van der Waals surface area contributed by atoms with E-state index >= 15 is 0 Å². The molecule has 8 aromatic rings. The summed E-state index contributed by atoms with van der Waals surface area (Å²) >= 11 is 0. The highest BCUT2D eigenvalue weighted by Gasteiger charge is 2.51. The number of rotatable bonds is 3. The van der Waals surface area contributed by atoms with Gasteiger partial charge in [0.1, 0.15) is 0 Å². The standard InChI is InChI=1S/C45H28N2/c1-3-14-29(15-4-1)43-36-28-31(26-27-41(36)46-44(47-43)30-16-5-2-6-17-30)32-21-13-25-40-42(32)35-20-9-12-24-39(35)45(40)37-22-10-7-18-33(37)34-19-8-11-23-38(34)45/h1-28H. The summed E-state index contributed by atoms with van der Waals surface area (Å²) in [4.78, 5) is 10.3. The van der Waals surface area contributed by atoms with Gasteiger partial charge in [0.2, 0.25) is 0 Å². The third-order valence-corrected chi connectivity index (χ3v) is 10.1. The van der Waals surface area contributed by atoms with Crippen LogP contribution in [0, 0.1) is 0 Å². The van der Waals surface area contributed by atoms with Crippen LogP contribution in [0.3, 0.4) is 0 Å². The predicted octanol–water partition coefficient (Wildman–Crippen LogP) is 11.0. The molecule has 0 fully saturated rings. The number of fused-ring (bicyclic) bond motifs is 11. The van der Waals surface area contributed by atoms with Crippen molar-refractivity contribution in [2.45, 2.75) is 5.41 Å². The number of hydrogen-bond donors (Lipinski definition) is 0. The van der Waals surface area contributed by atoms with Crippen molar-refractivity contribution in [2.24, 2.45) is 0 Å². The largest absolute Gasteiger partial charge is 0.228 e. The van der Waals surface area contributed by atoms with Gasteiger partial charge in [-0.1, -0.05) is 158 Å². The Morgan fingerprint density at radius 3 is 1.57 bits per heavy atom. The summed E-state index contributed by atoms with van der Waals surface area (Å²) in [6.45, 7) is 0. The molecule has 0 aliphatic heterocycles. The van der Waals surface area contributed by atoms with E-state index in [1.54, 1.807) is 0 Å². The molecule has 2 aliphatic carbocycles. The van der Waals surface area contributed by atoms with Crippen LogP contribution in [0.4, 0.5) is 0 Å². The second-order valence-corrected chi connectivity index (χ2v) is 12.5. The minimum Gasteiger partial charge on any atom is -0.228 e. The van der Waals surface area contributed by atoms with Crippen LogP contribution in [-0.4, -0.2) is 9.97 Å². The minimum absolute atomic E-state index is 0.366. The number of nitrogens with zero attached hydrogens (tertiary/aromatic N) is 2. The van der Waals surface area contributed by atoms with E-state index in [4.69, 9.17) is 9.97 Å². The molecule has 0 unspecified atom stereocenters. The minimum atomic E-state index is -0.366. The Morgan fingerprint density at radius 1 is 0.362 bits per heavy atom. The van der Waals surface area contributed by atoms with E-state index in [0.29, 0.717) is 0 Å². The summed E-state index contributed by atoms with van der Waals surface area (Å²) in [5, 5.41) is 1.04. The number of aromatic nitrogens is 2. The molecule has 1 heterocycles. The summed E-state index contributed by atoms with van der Waals surface area (Å²) in [6.07, 6.45) is 0. The Bertz CT molecular complexity index is 2470. The lowest BCUT2D eigenvalue weighted by Gasteiger charge is -2.30. The van der Waals surface area contributed by atoms with Gasteiger partial charge >= 0.3 is 0 Å². The first-order valence-corrected chi connectivity index (χ1v) is 16.2. The van der Waals surface area contributed by atoms with Gasteiger partial charge in [-0.3, -0.25) is 0 Å². The normalized spacial score (nSPS) is 13.3. The van der Waals surface area contributed by atoms with Gasteiger partial charge in [0.05, 0.1) is 16.6 Å². The second-order valence-electron chi connectivity index (χ2n) is 12.5. The molecule has 47 heavy (non-hydrogen) atoms. The first-order chi connectivity index (χ1) is 23.3. The summed E-state index contributed by atoms with van der Waals surface area (Å²) in [6, 6.07) is 61.3. The molecule has 218 valence electrons. The lowest BCUT2D eigenvalue weighted by Crippen LogP contribution is -2.25. The van der Waals surface area contributed by atoms with E-state index in [-0.39, 0.29) is 5.41 Å². The van der Waals surface area contributed by atoms with Crippen LogP contribution in [0.5, 0.6) is 0 Å². The smallest absolute Gasteiger partial charge is 0.160 e. The van der Waals surface area contributed by atoms with Gasteiger partial charge in [0, 0.05) is 16.5 Å². The molecule has 2 aliphatic rings. The van der Waals surface area contributed by atoms with Crippen molar-refractivity contribution < 1.29 is 0 Å². The highest BCUT2D eigenvalue weighted by Crippen LogP contribution is 2.63. The third-order valence-electron chi connectivity index (χ3n) is 10.1. The second kappa shape index (κ2) is 9.94. The van der Waals surface area contributed by atoms with E-state index in [1.165, 1.54) is 50.1 Å². The van der Waals surface area contributed by atoms with E-state index in [1.807, 2.05) is 18.2 Å². The van der Waals surface area contributed by atoms with Crippen molar-refractivity contribution in [1.29, 1.82) is 0 Å². The van der Waals surface area contributed by atoms with E-state index in [9.17, 15) is 0 Å². The highest BCUT2D eigenvalue weighted by molar-refractivity contribution is 6.02.